The lowest BCUT2D eigenvalue weighted by Crippen LogP contribution is -2.21. The van der Waals surface area contributed by atoms with E-state index in [-0.39, 0.29) is 0 Å². The lowest BCUT2D eigenvalue weighted by Gasteiger charge is -2.08. The van der Waals surface area contributed by atoms with Crippen LogP contribution in [0.4, 0.5) is 18.9 Å². The van der Waals surface area contributed by atoms with Gasteiger partial charge in [0.05, 0.1) is 0 Å². The Bertz CT molecular complexity index is 464. The molecule has 0 spiro atoms. The highest BCUT2D eigenvalue weighted by Gasteiger charge is 2.26. The second kappa shape index (κ2) is 3.45. The smallest absolute Gasteiger partial charge is 0.405 e. The van der Waals surface area contributed by atoms with Crippen LogP contribution in [0.2, 0.25) is 0 Å². The molecule has 0 aliphatic heterocycles. The highest BCUT2D eigenvalue weighted by molar-refractivity contribution is 5.76. The van der Waals surface area contributed by atoms with Crippen LogP contribution < -0.4 is 5.32 Å². The molecule has 2 rings (SSSR count). The monoisotopic (exact) mass is 216 g/mol. The number of aromatic nitrogens is 1. The van der Waals surface area contributed by atoms with E-state index >= 15 is 0 Å². The number of nitrogens with zero attached hydrogens (tertiary/aromatic N) is 1. The number of oxazole rings is 1. The first-order valence-corrected chi connectivity index (χ1v) is 4.18. The number of halogens is 3. The van der Waals surface area contributed by atoms with Crippen LogP contribution in [0.5, 0.6) is 0 Å². The Hall–Kier alpha value is -1.72. The summed E-state index contributed by atoms with van der Waals surface area (Å²) in [4.78, 5) is 3.85. The zero-order chi connectivity index (χ0) is 10.9. The molecule has 0 aliphatic rings. The second-order valence-electron chi connectivity index (χ2n) is 3.00. The van der Waals surface area contributed by atoms with Crippen molar-refractivity contribution in [3.05, 3.63) is 24.6 Å². The van der Waals surface area contributed by atoms with Crippen molar-refractivity contribution in [3.8, 4) is 0 Å². The minimum Gasteiger partial charge on any atom is -0.443 e. The van der Waals surface area contributed by atoms with Crippen molar-refractivity contribution in [1.29, 1.82) is 0 Å². The summed E-state index contributed by atoms with van der Waals surface area (Å²) < 4.78 is 40.6. The van der Waals surface area contributed by atoms with Crippen molar-refractivity contribution in [2.45, 2.75) is 6.18 Å². The Morgan fingerprint density at radius 1 is 1.33 bits per heavy atom. The number of rotatable bonds is 2. The van der Waals surface area contributed by atoms with Gasteiger partial charge in [0.2, 0.25) is 0 Å². The van der Waals surface area contributed by atoms with Crippen LogP contribution in [0.3, 0.4) is 0 Å². The molecule has 2 aromatic rings. The van der Waals surface area contributed by atoms with Crippen LogP contribution in [-0.4, -0.2) is 17.7 Å². The molecular formula is C9H7F3N2O. The summed E-state index contributed by atoms with van der Waals surface area (Å²) in [7, 11) is 0. The zero-order valence-electron chi connectivity index (χ0n) is 7.51. The van der Waals surface area contributed by atoms with E-state index in [0.717, 1.165) is 0 Å². The molecule has 1 aromatic heterocycles. The first kappa shape index (κ1) is 9.82. The second-order valence-corrected chi connectivity index (χ2v) is 3.00. The summed E-state index contributed by atoms with van der Waals surface area (Å²) in [6.07, 6.45) is -2.98. The van der Waals surface area contributed by atoms with Gasteiger partial charge in [-0.2, -0.15) is 13.2 Å². The van der Waals surface area contributed by atoms with Crippen LogP contribution in [0, 0.1) is 0 Å². The molecule has 0 radical (unpaired) electrons. The number of hydrogen-bond donors (Lipinski definition) is 1. The molecule has 80 valence electrons. The minimum absolute atomic E-state index is 0.358. The summed E-state index contributed by atoms with van der Waals surface area (Å²) in [6.45, 7) is -1.06. The van der Waals surface area contributed by atoms with E-state index in [1.807, 2.05) is 0 Å². The maximum atomic E-state index is 11.9. The third kappa shape index (κ3) is 2.39. The van der Waals surface area contributed by atoms with Crippen molar-refractivity contribution in [1.82, 2.24) is 4.98 Å². The number of benzene rings is 1. The summed E-state index contributed by atoms with van der Waals surface area (Å²) in [5.41, 5.74) is 1.44. The van der Waals surface area contributed by atoms with Gasteiger partial charge in [-0.1, -0.05) is 0 Å². The van der Waals surface area contributed by atoms with Gasteiger partial charge >= 0.3 is 6.18 Å². The molecule has 3 nitrogen and oxygen atoms in total. The highest BCUT2D eigenvalue weighted by atomic mass is 19.4. The lowest BCUT2D eigenvalue weighted by molar-refractivity contribution is -0.115. The van der Waals surface area contributed by atoms with Crippen LogP contribution in [0.25, 0.3) is 11.1 Å². The average molecular weight is 216 g/mol. The predicted molar refractivity (Wildman–Crippen MR) is 48.6 cm³/mol. The molecule has 15 heavy (non-hydrogen) atoms. The topological polar surface area (TPSA) is 38.1 Å². The Labute approximate surface area is 82.9 Å². The molecule has 0 aliphatic carbocycles. The van der Waals surface area contributed by atoms with Gasteiger partial charge in [0, 0.05) is 11.8 Å². The van der Waals surface area contributed by atoms with E-state index in [9.17, 15) is 13.2 Å². The minimum atomic E-state index is -4.23. The third-order valence-corrected chi connectivity index (χ3v) is 1.82. The molecule has 1 N–H and O–H groups in total. The van der Waals surface area contributed by atoms with E-state index in [4.69, 9.17) is 4.42 Å². The summed E-state index contributed by atoms with van der Waals surface area (Å²) >= 11 is 0. The lowest BCUT2D eigenvalue weighted by atomic mass is 10.3. The van der Waals surface area contributed by atoms with E-state index in [1.54, 1.807) is 6.07 Å². The molecule has 0 amide bonds. The van der Waals surface area contributed by atoms with Gasteiger partial charge in [0.1, 0.15) is 12.1 Å². The van der Waals surface area contributed by atoms with Gasteiger partial charge in [0.15, 0.2) is 12.0 Å². The molecule has 6 heteroatoms. The Balaban J connectivity index is 2.15. The van der Waals surface area contributed by atoms with Gasteiger partial charge in [0.25, 0.3) is 0 Å². The first-order valence-electron chi connectivity index (χ1n) is 4.18. The molecule has 1 heterocycles. The number of hydrogen-bond acceptors (Lipinski definition) is 3. The maximum absolute atomic E-state index is 11.9. The van der Waals surface area contributed by atoms with E-state index in [1.165, 1.54) is 18.5 Å². The molecule has 0 fully saturated rings. The summed E-state index contributed by atoms with van der Waals surface area (Å²) in [5, 5.41) is 2.25. The van der Waals surface area contributed by atoms with Gasteiger partial charge in [-0.3, -0.25) is 0 Å². The van der Waals surface area contributed by atoms with Crippen molar-refractivity contribution >= 4 is 16.8 Å². The molecule has 0 saturated carbocycles. The molecule has 0 atom stereocenters. The largest absolute Gasteiger partial charge is 0.443 e. The normalized spacial score (nSPS) is 11.9. The van der Waals surface area contributed by atoms with Gasteiger partial charge in [-0.25, -0.2) is 4.98 Å². The number of nitrogens with one attached hydrogen (secondary N) is 1. The predicted octanol–water partition coefficient (Wildman–Crippen LogP) is 2.80. The number of alkyl halides is 3. The Morgan fingerprint density at radius 2 is 2.13 bits per heavy atom. The zero-order valence-corrected chi connectivity index (χ0v) is 7.51. The fraction of sp³-hybridized carbons (Fsp3) is 0.222. The fourth-order valence-corrected chi connectivity index (χ4v) is 1.17. The van der Waals surface area contributed by atoms with Gasteiger partial charge in [-0.05, 0) is 12.1 Å². The molecule has 1 aromatic carbocycles. The van der Waals surface area contributed by atoms with Crippen LogP contribution in [0.1, 0.15) is 0 Å². The van der Waals surface area contributed by atoms with E-state index in [0.29, 0.717) is 16.8 Å². The third-order valence-electron chi connectivity index (χ3n) is 1.82. The van der Waals surface area contributed by atoms with Gasteiger partial charge in [-0.15, -0.1) is 0 Å². The van der Waals surface area contributed by atoms with Crippen molar-refractivity contribution in [3.63, 3.8) is 0 Å². The van der Waals surface area contributed by atoms with Crippen LogP contribution in [0.15, 0.2) is 29.0 Å². The average Bonchev–Trinajstić information content (AvgIpc) is 2.60. The molecule has 0 unspecified atom stereocenters. The molecule has 0 bridgehead atoms. The first-order chi connectivity index (χ1) is 7.04. The molecular weight excluding hydrogens is 209 g/mol. The number of anilines is 1. The van der Waals surface area contributed by atoms with Gasteiger partial charge < -0.3 is 9.73 Å². The fourth-order valence-electron chi connectivity index (χ4n) is 1.17. The quantitative estimate of drug-likeness (QED) is 0.838. The molecule has 0 saturated heterocycles. The number of fused-ring (bicyclic) bond motifs is 1. The Morgan fingerprint density at radius 3 is 2.87 bits per heavy atom. The van der Waals surface area contributed by atoms with Crippen LogP contribution in [-0.2, 0) is 0 Å². The summed E-state index contributed by atoms with van der Waals surface area (Å²) in [6, 6.07) is 4.60. The van der Waals surface area contributed by atoms with E-state index < -0.39 is 12.7 Å². The van der Waals surface area contributed by atoms with Crippen molar-refractivity contribution in [2.24, 2.45) is 0 Å². The Kier molecular flexibility index (Phi) is 2.26. The standard InChI is InChI=1S/C9H7F3N2O/c10-9(11,12)4-13-6-1-2-7-8(3-6)15-5-14-7/h1-3,5,13H,4H2. The summed E-state index contributed by atoms with van der Waals surface area (Å²) in [5.74, 6) is 0. The van der Waals surface area contributed by atoms with E-state index in [2.05, 4.69) is 10.3 Å². The van der Waals surface area contributed by atoms with Crippen molar-refractivity contribution in [2.75, 3.05) is 11.9 Å². The highest BCUT2D eigenvalue weighted by Crippen LogP contribution is 2.20. The SMILES string of the molecule is FC(F)(F)CNc1ccc2ncoc2c1. The van der Waals surface area contributed by atoms with Crippen LogP contribution >= 0.6 is 0 Å². The van der Waals surface area contributed by atoms with Crippen molar-refractivity contribution < 1.29 is 17.6 Å². The maximum Gasteiger partial charge on any atom is 0.405 e.